The number of hydrogen-bond donors (Lipinski definition) is 1. The third-order valence-electron chi connectivity index (χ3n) is 3.94. The van der Waals surface area contributed by atoms with Crippen molar-refractivity contribution in [3.8, 4) is 6.07 Å². The first kappa shape index (κ1) is 14.7. The number of aryl methyl sites for hydroxylation is 1. The van der Waals surface area contributed by atoms with E-state index >= 15 is 0 Å². The highest BCUT2D eigenvalue weighted by atomic mass is 35.5. The number of benzene rings is 1. The lowest BCUT2D eigenvalue weighted by Crippen LogP contribution is -2.42. The minimum Gasteiger partial charge on any atom is -0.379 e. The molecule has 0 spiro atoms. The SMILES string of the molecule is Cn1cc(N2CCCC(Nc3ccc(Cl)cc3C#N)C2)cn1. The smallest absolute Gasteiger partial charge is 0.101 e. The summed E-state index contributed by atoms with van der Waals surface area (Å²) >= 11 is 5.95. The van der Waals surface area contributed by atoms with Gasteiger partial charge in [-0.25, -0.2) is 0 Å². The van der Waals surface area contributed by atoms with Gasteiger partial charge in [0.1, 0.15) is 6.07 Å². The van der Waals surface area contributed by atoms with E-state index in [1.54, 1.807) is 6.07 Å². The summed E-state index contributed by atoms with van der Waals surface area (Å²) in [7, 11) is 1.93. The van der Waals surface area contributed by atoms with Gasteiger partial charge in [0.05, 0.1) is 23.1 Å². The topological polar surface area (TPSA) is 56.9 Å². The van der Waals surface area contributed by atoms with Crippen LogP contribution < -0.4 is 10.2 Å². The minimum absolute atomic E-state index is 0.308. The molecule has 3 rings (SSSR count). The van der Waals surface area contributed by atoms with Crippen molar-refractivity contribution in [1.82, 2.24) is 9.78 Å². The van der Waals surface area contributed by atoms with Crippen molar-refractivity contribution in [2.24, 2.45) is 7.05 Å². The number of nitriles is 1. The monoisotopic (exact) mass is 315 g/mol. The molecule has 0 radical (unpaired) electrons. The van der Waals surface area contributed by atoms with Crippen LogP contribution in [0.2, 0.25) is 5.02 Å². The molecule has 2 heterocycles. The Morgan fingerprint density at radius 2 is 2.32 bits per heavy atom. The van der Waals surface area contributed by atoms with Crippen LogP contribution in [0.15, 0.2) is 30.6 Å². The molecule has 0 amide bonds. The van der Waals surface area contributed by atoms with Gasteiger partial charge < -0.3 is 10.2 Å². The van der Waals surface area contributed by atoms with E-state index in [-0.39, 0.29) is 0 Å². The van der Waals surface area contributed by atoms with E-state index in [2.05, 4.69) is 21.4 Å². The van der Waals surface area contributed by atoms with Gasteiger partial charge in [-0.05, 0) is 31.0 Å². The van der Waals surface area contributed by atoms with E-state index < -0.39 is 0 Å². The zero-order valence-corrected chi connectivity index (χ0v) is 13.2. The molecule has 1 aromatic heterocycles. The molecule has 0 bridgehead atoms. The normalized spacial score (nSPS) is 18.0. The standard InChI is InChI=1S/C16H18ClN5/c1-21-11-15(9-19-21)22-6-2-3-14(10-22)20-16-5-4-13(17)7-12(16)8-18/h4-5,7,9,11,14,20H,2-3,6,10H2,1H3. The molecule has 2 aromatic rings. The van der Waals surface area contributed by atoms with Crippen LogP contribution in [-0.4, -0.2) is 28.9 Å². The summed E-state index contributed by atoms with van der Waals surface area (Å²) in [4.78, 5) is 2.33. The van der Waals surface area contributed by atoms with Crippen molar-refractivity contribution >= 4 is 23.0 Å². The largest absolute Gasteiger partial charge is 0.379 e. The Kier molecular flexibility index (Phi) is 4.21. The van der Waals surface area contributed by atoms with E-state index in [1.807, 2.05) is 36.3 Å². The average Bonchev–Trinajstić information content (AvgIpc) is 2.96. The van der Waals surface area contributed by atoms with Gasteiger partial charge in [-0.3, -0.25) is 4.68 Å². The predicted octanol–water partition coefficient (Wildman–Crippen LogP) is 3.03. The van der Waals surface area contributed by atoms with Crippen LogP contribution in [0.1, 0.15) is 18.4 Å². The summed E-state index contributed by atoms with van der Waals surface area (Å²) in [5.41, 5.74) is 2.58. The quantitative estimate of drug-likeness (QED) is 0.946. The second-order valence-corrected chi connectivity index (χ2v) is 6.04. The number of hydrogen-bond acceptors (Lipinski definition) is 4. The van der Waals surface area contributed by atoms with Gasteiger partial charge >= 0.3 is 0 Å². The zero-order chi connectivity index (χ0) is 15.5. The highest BCUT2D eigenvalue weighted by Gasteiger charge is 2.21. The van der Waals surface area contributed by atoms with E-state index in [1.165, 1.54) is 0 Å². The van der Waals surface area contributed by atoms with Gasteiger partial charge in [0.15, 0.2) is 0 Å². The lowest BCUT2D eigenvalue weighted by Gasteiger charge is -2.34. The Morgan fingerprint density at radius 1 is 1.45 bits per heavy atom. The van der Waals surface area contributed by atoms with Crippen molar-refractivity contribution < 1.29 is 0 Å². The Balaban J connectivity index is 1.72. The van der Waals surface area contributed by atoms with Gasteiger partial charge in [-0.1, -0.05) is 11.6 Å². The number of piperidine rings is 1. The van der Waals surface area contributed by atoms with Gasteiger partial charge in [-0.15, -0.1) is 0 Å². The number of anilines is 2. The van der Waals surface area contributed by atoms with Gasteiger partial charge in [0.25, 0.3) is 0 Å². The molecule has 0 saturated carbocycles. The van der Waals surface area contributed by atoms with Crippen LogP contribution in [0.3, 0.4) is 0 Å². The molecule has 1 saturated heterocycles. The van der Waals surface area contributed by atoms with Crippen molar-refractivity contribution in [2.75, 3.05) is 23.3 Å². The summed E-state index contributed by atoms with van der Waals surface area (Å²) in [5.74, 6) is 0. The second-order valence-electron chi connectivity index (χ2n) is 5.60. The van der Waals surface area contributed by atoms with Crippen LogP contribution in [0, 0.1) is 11.3 Å². The summed E-state index contributed by atoms with van der Waals surface area (Å²) in [6.07, 6.45) is 6.13. The van der Waals surface area contributed by atoms with Crippen molar-refractivity contribution in [2.45, 2.75) is 18.9 Å². The molecule has 1 fully saturated rings. The predicted molar refractivity (Wildman–Crippen MR) is 88.2 cm³/mol. The molecule has 1 aliphatic rings. The molecule has 1 unspecified atom stereocenters. The molecule has 1 atom stereocenters. The third kappa shape index (κ3) is 3.18. The fraction of sp³-hybridized carbons (Fsp3) is 0.375. The van der Waals surface area contributed by atoms with Crippen molar-refractivity contribution in [3.05, 3.63) is 41.2 Å². The van der Waals surface area contributed by atoms with E-state index in [9.17, 15) is 5.26 Å². The maximum absolute atomic E-state index is 9.24. The molecule has 1 N–H and O–H groups in total. The van der Waals surface area contributed by atoms with E-state index in [4.69, 9.17) is 11.6 Å². The zero-order valence-electron chi connectivity index (χ0n) is 12.5. The number of aromatic nitrogens is 2. The van der Waals surface area contributed by atoms with Crippen LogP contribution in [0.25, 0.3) is 0 Å². The fourth-order valence-corrected chi connectivity index (χ4v) is 3.03. The number of rotatable bonds is 3. The average molecular weight is 316 g/mol. The Hall–Kier alpha value is -2.19. The number of halogens is 1. The fourth-order valence-electron chi connectivity index (χ4n) is 2.86. The maximum atomic E-state index is 9.24. The summed E-state index contributed by atoms with van der Waals surface area (Å²) in [6, 6.07) is 7.90. The lowest BCUT2D eigenvalue weighted by atomic mass is 10.0. The maximum Gasteiger partial charge on any atom is 0.101 e. The molecular weight excluding hydrogens is 298 g/mol. The van der Waals surface area contributed by atoms with Crippen LogP contribution in [-0.2, 0) is 7.05 Å². The van der Waals surface area contributed by atoms with Crippen molar-refractivity contribution in [1.29, 1.82) is 5.26 Å². The van der Waals surface area contributed by atoms with E-state index in [0.29, 0.717) is 16.6 Å². The van der Waals surface area contributed by atoms with Crippen molar-refractivity contribution in [3.63, 3.8) is 0 Å². The van der Waals surface area contributed by atoms with Crippen LogP contribution in [0.5, 0.6) is 0 Å². The minimum atomic E-state index is 0.308. The van der Waals surface area contributed by atoms with Gasteiger partial charge in [0, 0.05) is 37.4 Å². The molecule has 0 aliphatic carbocycles. The molecule has 6 heteroatoms. The molecule has 5 nitrogen and oxygen atoms in total. The van der Waals surface area contributed by atoms with E-state index in [0.717, 1.165) is 37.3 Å². The molecule has 22 heavy (non-hydrogen) atoms. The first-order valence-corrected chi connectivity index (χ1v) is 7.73. The summed E-state index contributed by atoms with van der Waals surface area (Å²) < 4.78 is 1.82. The van der Waals surface area contributed by atoms with Gasteiger partial charge in [-0.2, -0.15) is 10.4 Å². The molecule has 114 valence electrons. The Labute approximate surface area is 135 Å². The molecular formula is C16H18ClN5. The number of nitrogens with zero attached hydrogens (tertiary/aromatic N) is 4. The Morgan fingerprint density at radius 3 is 3.05 bits per heavy atom. The van der Waals surface area contributed by atoms with Crippen LogP contribution in [0.4, 0.5) is 11.4 Å². The third-order valence-corrected chi connectivity index (χ3v) is 4.17. The summed E-state index contributed by atoms with van der Waals surface area (Å²) in [6.45, 7) is 1.94. The summed E-state index contributed by atoms with van der Waals surface area (Å²) in [5, 5.41) is 17.5. The highest BCUT2D eigenvalue weighted by Crippen LogP contribution is 2.24. The first-order valence-electron chi connectivity index (χ1n) is 7.35. The van der Waals surface area contributed by atoms with Crippen LogP contribution >= 0.6 is 11.6 Å². The van der Waals surface area contributed by atoms with Gasteiger partial charge in [0.2, 0.25) is 0 Å². The Bertz CT molecular complexity index is 703. The lowest BCUT2D eigenvalue weighted by molar-refractivity contribution is 0.530. The number of nitrogens with one attached hydrogen (secondary N) is 1. The molecule has 1 aliphatic heterocycles. The first-order chi connectivity index (χ1) is 10.7. The second kappa shape index (κ2) is 6.29. The molecule has 1 aromatic carbocycles. The highest BCUT2D eigenvalue weighted by molar-refractivity contribution is 6.30.